The van der Waals surface area contributed by atoms with E-state index in [9.17, 15) is 25.2 Å². The van der Waals surface area contributed by atoms with Gasteiger partial charge in [0.2, 0.25) is 6.33 Å². The number of rotatable bonds is 7. The number of nitrogens with zero attached hydrogens (tertiary/aromatic N) is 2. The topological polar surface area (TPSA) is 8.81 Å². The molecule has 0 spiro atoms. The second-order valence-corrected chi connectivity index (χ2v) is 6.57. The van der Waals surface area contributed by atoms with E-state index in [0.29, 0.717) is 0 Å². The van der Waals surface area contributed by atoms with Crippen LogP contribution in [0.4, 0.5) is 25.2 Å². The summed E-state index contributed by atoms with van der Waals surface area (Å²) >= 11 is 0. The summed E-state index contributed by atoms with van der Waals surface area (Å²) in [4.78, 5) is 0. The zero-order valence-electron chi connectivity index (χ0n) is 11.9. The molecule has 0 amide bonds. The monoisotopic (exact) mass is 338 g/mol. The van der Waals surface area contributed by atoms with Crippen LogP contribution in [0.5, 0.6) is 0 Å². The summed E-state index contributed by atoms with van der Waals surface area (Å²) in [7, 11) is -10.7. The van der Waals surface area contributed by atoms with Gasteiger partial charge in [-0.3, -0.25) is 0 Å². The Morgan fingerprint density at radius 2 is 1.57 bits per heavy atom. The van der Waals surface area contributed by atoms with E-state index in [2.05, 4.69) is 30.6 Å². The average molecular weight is 338 g/mol. The molecule has 1 rings (SSSR count). The fourth-order valence-corrected chi connectivity index (χ4v) is 1.55. The Kier molecular flexibility index (Phi) is 6.48. The van der Waals surface area contributed by atoms with Crippen LogP contribution in [0.2, 0.25) is 0 Å². The summed E-state index contributed by atoms with van der Waals surface area (Å²) in [6.07, 6.45) is 14.7. The SMILES string of the molecule is C=C[n+]1ccn(CCCCCCC)c1.F[P-](F)(F)(F)(F)F. The Morgan fingerprint density at radius 1 is 1.05 bits per heavy atom. The molecule has 2 nitrogen and oxygen atoms in total. The predicted molar refractivity (Wildman–Crippen MR) is 73.3 cm³/mol. The maximum atomic E-state index is 9.87. The van der Waals surface area contributed by atoms with Crippen molar-refractivity contribution >= 4 is 14.0 Å². The van der Waals surface area contributed by atoms with Gasteiger partial charge in [-0.05, 0) is 12.8 Å². The first kappa shape index (κ1) is 20.0. The van der Waals surface area contributed by atoms with Crippen LogP contribution in [0.25, 0.3) is 6.20 Å². The number of aryl methyl sites for hydroxylation is 1. The Morgan fingerprint density at radius 3 is 2.00 bits per heavy atom. The summed E-state index contributed by atoms with van der Waals surface area (Å²) in [6.45, 7) is 7.09. The van der Waals surface area contributed by atoms with Crippen LogP contribution in [-0.2, 0) is 6.54 Å². The molecule has 0 N–H and O–H groups in total. The molecule has 21 heavy (non-hydrogen) atoms. The average Bonchev–Trinajstić information content (AvgIpc) is 2.72. The fourth-order valence-electron chi connectivity index (χ4n) is 1.55. The van der Waals surface area contributed by atoms with E-state index >= 15 is 0 Å². The molecule has 1 aromatic rings. The van der Waals surface area contributed by atoms with E-state index in [1.807, 2.05) is 17.0 Å². The summed E-state index contributed by atoms with van der Waals surface area (Å²) in [6, 6.07) is 0. The van der Waals surface area contributed by atoms with Gasteiger partial charge in [0.1, 0.15) is 12.4 Å². The number of halogens is 6. The molecule has 1 aromatic heterocycles. The first-order chi connectivity index (χ1) is 9.31. The maximum absolute atomic E-state index is 10.7. The quantitative estimate of drug-likeness (QED) is 0.241. The number of hydrogen-bond donors (Lipinski definition) is 0. The second kappa shape index (κ2) is 6.81. The van der Waals surface area contributed by atoms with Gasteiger partial charge in [-0.1, -0.05) is 32.8 Å². The molecule has 0 bridgehead atoms. The van der Waals surface area contributed by atoms with E-state index in [4.69, 9.17) is 0 Å². The third-order valence-corrected chi connectivity index (χ3v) is 2.44. The van der Waals surface area contributed by atoms with Crippen molar-refractivity contribution in [1.82, 2.24) is 4.57 Å². The third kappa shape index (κ3) is 19.0. The summed E-state index contributed by atoms with van der Waals surface area (Å²) in [5, 5.41) is 0. The molecule has 1 heterocycles. The van der Waals surface area contributed by atoms with Crippen LogP contribution in [0.3, 0.4) is 0 Å². The molecular formula is C12H21F6N2P. The molecule has 0 aliphatic heterocycles. The van der Waals surface area contributed by atoms with Gasteiger partial charge in [-0.2, -0.15) is 0 Å². The van der Waals surface area contributed by atoms with Gasteiger partial charge in [-0.25, -0.2) is 9.13 Å². The van der Waals surface area contributed by atoms with Crippen molar-refractivity contribution in [3.05, 3.63) is 25.3 Å². The van der Waals surface area contributed by atoms with Gasteiger partial charge < -0.3 is 0 Å². The van der Waals surface area contributed by atoms with Crippen LogP contribution in [-0.4, -0.2) is 4.57 Å². The molecule has 0 saturated carbocycles. The molecule has 0 radical (unpaired) electrons. The number of aromatic nitrogens is 2. The Labute approximate surface area is 120 Å². The van der Waals surface area contributed by atoms with Crippen LogP contribution < -0.4 is 4.57 Å². The minimum absolute atomic E-state index is 1.13. The van der Waals surface area contributed by atoms with Crippen LogP contribution in [0.1, 0.15) is 39.0 Å². The first-order valence-electron chi connectivity index (χ1n) is 6.57. The van der Waals surface area contributed by atoms with Gasteiger partial charge in [0.25, 0.3) is 0 Å². The van der Waals surface area contributed by atoms with Gasteiger partial charge in [0.05, 0.1) is 12.7 Å². The number of imidazole rings is 1. The summed E-state index contributed by atoms with van der Waals surface area (Å²) < 4.78 is 63.4. The summed E-state index contributed by atoms with van der Waals surface area (Å²) in [5.74, 6) is 0. The van der Waals surface area contributed by atoms with E-state index < -0.39 is 7.81 Å². The van der Waals surface area contributed by atoms with Crippen molar-refractivity contribution < 1.29 is 29.7 Å². The Balaban J connectivity index is 0.000000486. The van der Waals surface area contributed by atoms with Crippen molar-refractivity contribution in [3.63, 3.8) is 0 Å². The van der Waals surface area contributed by atoms with Gasteiger partial charge in [0.15, 0.2) is 0 Å². The fraction of sp³-hybridized carbons (Fsp3) is 0.583. The van der Waals surface area contributed by atoms with E-state index in [1.54, 1.807) is 0 Å². The van der Waals surface area contributed by atoms with Crippen molar-refractivity contribution in [2.24, 2.45) is 0 Å². The molecule has 0 atom stereocenters. The van der Waals surface area contributed by atoms with Crippen LogP contribution >= 0.6 is 7.81 Å². The molecule has 0 saturated heterocycles. The first-order valence-corrected chi connectivity index (χ1v) is 8.60. The van der Waals surface area contributed by atoms with E-state index in [-0.39, 0.29) is 0 Å². The van der Waals surface area contributed by atoms with E-state index in [1.165, 1.54) is 32.1 Å². The van der Waals surface area contributed by atoms with Crippen molar-refractivity contribution in [2.75, 3.05) is 0 Å². The molecule has 0 fully saturated rings. The third-order valence-electron chi connectivity index (χ3n) is 2.44. The molecule has 0 aliphatic rings. The van der Waals surface area contributed by atoms with Gasteiger partial charge >= 0.3 is 33.0 Å². The molecule has 0 aromatic carbocycles. The van der Waals surface area contributed by atoms with Crippen LogP contribution in [0.15, 0.2) is 25.3 Å². The van der Waals surface area contributed by atoms with Crippen molar-refractivity contribution in [3.8, 4) is 0 Å². The van der Waals surface area contributed by atoms with Crippen molar-refractivity contribution in [2.45, 2.75) is 45.6 Å². The van der Waals surface area contributed by atoms with Crippen molar-refractivity contribution in [1.29, 1.82) is 0 Å². The molecular weight excluding hydrogens is 317 g/mol. The standard InChI is InChI=1S/C12H21N2.F6P/c1-3-5-6-7-8-9-14-11-10-13(4-2)12-14;1-7(2,3,4,5)6/h4,10-12H,2-3,5-9H2,1H3;/q+1;-1. The normalized spacial score (nSPS) is 14.6. The zero-order valence-corrected chi connectivity index (χ0v) is 12.8. The molecule has 0 aliphatic carbocycles. The number of unbranched alkanes of at least 4 members (excludes halogenated alkanes) is 4. The predicted octanol–water partition coefficient (Wildman–Crippen LogP) is 6.23. The minimum atomic E-state index is -10.7. The van der Waals surface area contributed by atoms with E-state index in [0.717, 1.165) is 6.54 Å². The Hall–Kier alpha value is -1.04. The summed E-state index contributed by atoms with van der Waals surface area (Å²) in [5.41, 5.74) is 0. The zero-order chi connectivity index (χ0) is 16.6. The molecule has 9 heteroatoms. The van der Waals surface area contributed by atoms with Gasteiger partial charge in [0, 0.05) is 0 Å². The van der Waals surface area contributed by atoms with Crippen LogP contribution in [0, 0.1) is 0 Å². The Bertz CT molecular complexity index is 425. The molecule has 0 unspecified atom stereocenters. The number of hydrogen-bond acceptors (Lipinski definition) is 0. The second-order valence-electron chi connectivity index (χ2n) is 4.65. The van der Waals surface area contributed by atoms with Gasteiger partial charge in [-0.15, -0.1) is 0 Å². The molecule has 126 valence electrons.